The first kappa shape index (κ1) is 13.5. The Labute approximate surface area is 103 Å². The first-order chi connectivity index (χ1) is 5.75. The maximum absolute atomic E-state index is 2.49. The highest BCUT2D eigenvalue weighted by Gasteiger charge is 2.21. The summed E-state index contributed by atoms with van der Waals surface area (Å²) in [6.45, 7) is 2.49. The van der Waals surface area contributed by atoms with E-state index in [1.54, 1.807) is 0 Å². The van der Waals surface area contributed by atoms with Crippen molar-refractivity contribution in [2.45, 2.75) is 19.3 Å². The molecule has 2 nitrogen and oxygen atoms in total. The van der Waals surface area contributed by atoms with E-state index in [0.717, 1.165) is 0 Å². The van der Waals surface area contributed by atoms with E-state index in [4.69, 9.17) is 0 Å². The molecule has 1 fully saturated rings. The van der Waals surface area contributed by atoms with Gasteiger partial charge in [0.15, 0.2) is 0 Å². The van der Waals surface area contributed by atoms with Crippen molar-refractivity contribution >= 4 is 16.9 Å². The lowest BCUT2D eigenvalue weighted by Crippen LogP contribution is -3.00. The molecule has 0 aromatic heterocycles. The summed E-state index contributed by atoms with van der Waals surface area (Å²) >= 11 is 1.85. The van der Waals surface area contributed by atoms with Crippen LogP contribution in [-0.4, -0.2) is 48.1 Å². The molecule has 1 heterocycles. The molecule has 0 saturated carbocycles. The molecule has 1 aliphatic heterocycles. The van der Waals surface area contributed by atoms with Gasteiger partial charge in [-0.05, 0) is 37.3 Å². The van der Waals surface area contributed by atoms with Gasteiger partial charge in [-0.15, -0.1) is 0 Å². The molecule has 0 spiro atoms. The summed E-state index contributed by atoms with van der Waals surface area (Å²) in [4.78, 5) is 2.49. The Balaban J connectivity index is 0.00000144. The summed E-state index contributed by atoms with van der Waals surface area (Å²) in [6.07, 6.45) is 6.28. The quantitative estimate of drug-likeness (QED) is 0.232. The zero-order valence-corrected chi connectivity index (χ0v) is 11.7. The molecular weight excluding hydrogens is 295 g/mol. The van der Waals surface area contributed by atoms with Gasteiger partial charge in [-0.3, -0.25) is 9.48 Å². The number of rotatable bonds is 0. The molecule has 1 rings (SSSR count). The summed E-state index contributed by atoms with van der Waals surface area (Å²) in [5.41, 5.74) is 0. The van der Waals surface area contributed by atoms with Gasteiger partial charge in [0, 0.05) is 0 Å². The van der Waals surface area contributed by atoms with Crippen molar-refractivity contribution in [3.8, 4) is 0 Å². The number of hydrogen-bond acceptors (Lipinski definition) is 1. The molecule has 4 heteroatoms. The minimum Gasteiger partial charge on any atom is -1.00 e. The maximum atomic E-state index is 2.49. The SMILES string of the molecule is CSC(N1CCCCC1)=[N+](C)C.[I-]. The van der Waals surface area contributed by atoms with Gasteiger partial charge >= 0.3 is 5.17 Å². The molecular formula is C9H19IN2S. The van der Waals surface area contributed by atoms with Gasteiger partial charge in [-0.2, -0.15) is 0 Å². The number of hydrogen-bond donors (Lipinski definition) is 0. The van der Waals surface area contributed by atoms with Gasteiger partial charge in [-0.1, -0.05) is 0 Å². The van der Waals surface area contributed by atoms with E-state index in [1.165, 1.54) is 37.5 Å². The normalized spacial score (nSPS) is 16.4. The zero-order valence-electron chi connectivity index (χ0n) is 8.72. The average Bonchev–Trinajstić information content (AvgIpc) is 2.07. The fraction of sp³-hybridized carbons (Fsp3) is 0.889. The van der Waals surface area contributed by atoms with Crippen LogP contribution in [0.4, 0.5) is 0 Å². The van der Waals surface area contributed by atoms with Crippen LogP contribution in [0.25, 0.3) is 0 Å². The highest BCUT2D eigenvalue weighted by atomic mass is 127. The van der Waals surface area contributed by atoms with Crippen LogP contribution in [0.2, 0.25) is 0 Å². The van der Waals surface area contributed by atoms with Crippen molar-refractivity contribution < 1.29 is 28.6 Å². The summed E-state index contributed by atoms with van der Waals surface area (Å²) < 4.78 is 2.22. The minimum absolute atomic E-state index is 0. The van der Waals surface area contributed by atoms with Crippen molar-refractivity contribution in [1.82, 2.24) is 4.90 Å². The first-order valence-electron chi connectivity index (χ1n) is 4.59. The Morgan fingerprint density at radius 1 is 1.15 bits per heavy atom. The van der Waals surface area contributed by atoms with E-state index in [1.807, 2.05) is 11.8 Å². The smallest absolute Gasteiger partial charge is 0.307 e. The van der Waals surface area contributed by atoms with E-state index in [0.29, 0.717) is 0 Å². The van der Waals surface area contributed by atoms with Crippen molar-refractivity contribution in [2.75, 3.05) is 33.4 Å². The van der Waals surface area contributed by atoms with Crippen LogP contribution in [0.15, 0.2) is 0 Å². The highest BCUT2D eigenvalue weighted by molar-refractivity contribution is 8.12. The Morgan fingerprint density at radius 3 is 2.08 bits per heavy atom. The lowest BCUT2D eigenvalue weighted by Gasteiger charge is -2.22. The van der Waals surface area contributed by atoms with Crippen LogP contribution in [0.1, 0.15) is 19.3 Å². The molecule has 0 aromatic carbocycles. The number of piperidine rings is 1. The molecule has 1 saturated heterocycles. The molecule has 0 N–H and O–H groups in total. The number of nitrogens with zero attached hydrogens (tertiary/aromatic N) is 2. The first-order valence-corrected chi connectivity index (χ1v) is 5.81. The van der Waals surface area contributed by atoms with Crippen molar-refractivity contribution in [1.29, 1.82) is 0 Å². The Hall–Kier alpha value is 0.550. The third kappa shape index (κ3) is 4.06. The summed E-state index contributed by atoms with van der Waals surface area (Å²) in [6, 6.07) is 0. The van der Waals surface area contributed by atoms with E-state index in [-0.39, 0.29) is 24.0 Å². The van der Waals surface area contributed by atoms with Crippen LogP contribution in [0.3, 0.4) is 0 Å². The van der Waals surface area contributed by atoms with Crippen LogP contribution in [0, 0.1) is 0 Å². The minimum atomic E-state index is 0. The Kier molecular flexibility index (Phi) is 7.22. The molecule has 13 heavy (non-hydrogen) atoms. The molecule has 1 aliphatic rings. The predicted octanol–water partition coefficient (Wildman–Crippen LogP) is -1.53. The molecule has 0 aliphatic carbocycles. The Morgan fingerprint density at radius 2 is 1.69 bits per heavy atom. The number of halogens is 1. The number of amidine groups is 1. The highest BCUT2D eigenvalue weighted by Crippen LogP contribution is 2.13. The predicted molar refractivity (Wildman–Crippen MR) is 56.1 cm³/mol. The summed E-state index contributed by atoms with van der Waals surface area (Å²) in [5, 5.41) is 1.41. The molecule has 0 aromatic rings. The fourth-order valence-electron chi connectivity index (χ4n) is 1.68. The molecule has 0 amide bonds. The largest absolute Gasteiger partial charge is 1.00 e. The monoisotopic (exact) mass is 314 g/mol. The van der Waals surface area contributed by atoms with Gasteiger partial charge in [0.1, 0.15) is 0 Å². The number of thioether (sulfide) groups is 1. The van der Waals surface area contributed by atoms with Crippen LogP contribution < -0.4 is 24.0 Å². The van der Waals surface area contributed by atoms with E-state index >= 15 is 0 Å². The molecule has 78 valence electrons. The van der Waals surface area contributed by atoms with Crippen molar-refractivity contribution in [2.24, 2.45) is 0 Å². The number of likely N-dealkylation sites (tertiary alicyclic amines) is 1. The maximum Gasteiger partial charge on any atom is 0.307 e. The average molecular weight is 314 g/mol. The van der Waals surface area contributed by atoms with Crippen LogP contribution in [-0.2, 0) is 0 Å². The van der Waals surface area contributed by atoms with E-state index in [9.17, 15) is 0 Å². The molecule has 0 atom stereocenters. The van der Waals surface area contributed by atoms with Gasteiger partial charge in [0.2, 0.25) is 0 Å². The standard InChI is InChI=1S/C9H19N2S.HI/c1-10(2)9(12-3)11-7-5-4-6-8-11;/h4-8H2,1-3H3;1H/q+1;/p-1. The molecule has 0 bridgehead atoms. The van der Waals surface area contributed by atoms with Gasteiger partial charge < -0.3 is 24.0 Å². The second kappa shape index (κ2) is 6.92. The van der Waals surface area contributed by atoms with Gasteiger partial charge in [0.05, 0.1) is 27.2 Å². The second-order valence-corrected chi connectivity index (χ2v) is 4.20. The van der Waals surface area contributed by atoms with Gasteiger partial charge in [0.25, 0.3) is 0 Å². The van der Waals surface area contributed by atoms with Crippen LogP contribution in [0.5, 0.6) is 0 Å². The third-order valence-corrected chi connectivity index (χ3v) is 3.18. The lowest BCUT2D eigenvalue weighted by molar-refractivity contribution is -0.466. The van der Waals surface area contributed by atoms with E-state index in [2.05, 4.69) is 29.8 Å². The van der Waals surface area contributed by atoms with Crippen molar-refractivity contribution in [3.63, 3.8) is 0 Å². The Bertz CT molecular complexity index is 172. The van der Waals surface area contributed by atoms with E-state index < -0.39 is 0 Å². The fourth-order valence-corrected chi connectivity index (χ4v) is 2.49. The lowest BCUT2D eigenvalue weighted by atomic mass is 10.1. The molecule has 0 radical (unpaired) electrons. The zero-order chi connectivity index (χ0) is 8.97. The van der Waals surface area contributed by atoms with Crippen LogP contribution >= 0.6 is 11.8 Å². The van der Waals surface area contributed by atoms with Crippen molar-refractivity contribution in [3.05, 3.63) is 0 Å². The third-order valence-electron chi connectivity index (χ3n) is 2.19. The second-order valence-electron chi connectivity index (χ2n) is 3.43. The molecule has 0 unspecified atom stereocenters. The van der Waals surface area contributed by atoms with Gasteiger partial charge in [-0.25, -0.2) is 0 Å². The summed E-state index contributed by atoms with van der Waals surface area (Å²) in [5.74, 6) is 0. The summed E-state index contributed by atoms with van der Waals surface area (Å²) in [7, 11) is 4.25. The topological polar surface area (TPSA) is 6.25 Å².